The van der Waals surface area contributed by atoms with Crippen LogP contribution in [-0.2, 0) is 10.1 Å². The smallest absolute Gasteiger partial charge is 0.306 e. The molecule has 18 heavy (non-hydrogen) atoms. The fourth-order valence-electron chi connectivity index (χ4n) is 1.54. The SMILES string of the molecule is CS(=O)(=O)Oc1ccc(-c2ccccc2)cc1Cl. The molecule has 0 N–H and O–H groups in total. The van der Waals surface area contributed by atoms with Gasteiger partial charge in [-0.3, -0.25) is 0 Å². The van der Waals surface area contributed by atoms with Crippen LogP contribution in [0.1, 0.15) is 0 Å². The molecular formula is C13H11ClO3S. The number of hydrogen-bond acceptors (Lipinski definition) is 3. The summed E-state index contributed by atoms with van der Waals surface area (Å²) in [7, 11) is -3.56. The van der Waals surface area contributed by atoms with Crippen molar-refractivity contribution in [2.24, 2.45) is 0 Å². The lowest BCUT2D eigenvalue weighted by Gasteiger charge is -2.07. The molecule has 2 aromatic carbocycles. The van der Waals surface area contributed by atoms with E-state index in [-0.39, 0.29) is 10.8 Å². The van der Waals surface area contributed by atoms with Gasteiger partial charge in [-0.05, 0) is 23.3 Å². The van der Waals surface area contributed by atoms with E-state index in [0.29, 0.717) is 0 Å². The molecular weight excluding hydrogens is 272 g/mol. The molecule has 0 radical (unpaired) electrons. The van der Waals surface area contributed by atoms with Crippen molar-refractivity contribution < 1.29 is 12.6 Å². The topological polar surface area (TPSA) is 43.4 Å². The molecule has 0 unspecified atom stereocenters. The van der Waals surface area contributed by atoms with Crippen LogP contribution in [0.15, 0.2) is 48.5 Å². The van der Waals surface area contributed by atoms with Gasteiger partial charge < -0.3 is 4.18 Å². The van der Waals surface area contributed by atoms with Gasteiger partial charge in [-0.25, -0.2) is 0 Å². The van der Waals surface area contributed by atoms with E-state index in [1.54, 1.807) is 18.2 Å². The van der Waals surface area contributed by atoms with Gasteiger partial charge in [-0.2, -0.15) is 8.42 Å². The van der Waals surface area contributed by atoms with Crippen LogP contribution in [0.4, 0.5) is 0 Å². The third kappa shape index (κ3) is 3.24. The van der Waals surface area contributed by atoms with Gasteiger partial charge >= 0.3 is 10.1 Å². The monoisotopic (exact) mass is 282 g/mol. The minimum atomic E-state index is -3.56. The Hall–Kier alpha value is -1.52. The van der Waals surface area contributed by atoms with Gasteiger partial charge in [0.2, 0.25) is 0 Å². The second-order valence-electron chi connectivity index (χ2n) is 3.80. The number of benzene rings is 2. The van der Waals surface area contributed by atoms with E-state index in [1.165, 1.54) is 0 Å². The Morgan fingerprint density at radius 3 is 2.22 bits per heavy atom. The molecule has 94 valence electrons. The summed E-state index contributed by atoms with van der Waals surface area (Å²) in [5, 5.41) is 0.266. The molecule has 0 atom stereocenters. The second-order valence-corrected chi connectivity index (χ2v) is 5.78. The maximum Gasteiger partial charge on any atom is 0.306 e. The van der Waals surface area contributed by atoms with E-state index in [0.717, 1.165) is 17.4 Å². The summed E-state index contributed by atoms with van der Waals surface area (Å²) in [5.41, 5.74) is 1.91. The van der Waals surface area contributed by atoms with Crippen molar-refractivity contribution in [1.82, 2.24) is 0 Å². The molecule has 0 aliphatic rings. The molecule has 0 aliphatic carbocycles. The standard InChI is InChI=1S/C13H11ClO3S/c1-18(15,16)17-13-8-7-11(9-12(13)14)10-5-3-2-4-6-10/h2-9H,1H3. The molecule has 2 aromatic rings. The first-order chi connectivity index (χ1) is 8.46. The van der Waals surface area contributed by atoms with E-state index in [9.17, 15) is 8.42 Å². The van der Waals surface area contributed by atoms with Gasteiger partial charge in [-0.15, -0.1) is 0 Å². The van der Waals surface area contributed by atoms with Crippen molar-refractivity contribution in [3.63, 3.8) is 0 Å². The molecule has 5 heteroatoms. The molecule has 0 bridgehead atoms. The van der Waals surface area contributed by atoms with E-state index < -0.39 is 10.1 Å². The second kappa shape index (κ2) is 5.00. The van der Waals surface area contributed by atoms with Crippen molar-refractivity contribution in [2.45, 2.75) is 0 Å². The quantitative estimate of drug-likeness (QED) is 0.811. The largest absolute Gasteiger partial charge is 0.381 e. The lowest BCUT2D eigenvalue weighted by Crippen LogP contribution is -2.05. The van der Waals surface area contributed by atoms with Crippen molar-refractivity contribution >= 4 is 21.7 Å². The summed E-state index contributed by atoms with van der Waals surface area (Å²) in [6, 6.07) is 14.6. The Balaban J connectivity index is 2.37. The van der Waals surface area contributed by atoms with Crippen LogP contribution in [0.2, 0.25) is 5.02 Å². The highest BCUT2D eigenvalue weighted by atomic mass is 35.5. The van der Waals surface area contributed by atoms with Crippen molar-refractivity contribution in [3.8, 4) is 16.9 Å². The van der Waals surface area contributed by atoms with Crippen molar-refractivity contribution in [3.05, 3.63) is 53.6 Å². The van der Waals surface area contributed by atoms with Crippen LogP contribution in [0.3, 0.4) is 0 Å². The molecule has 0 aliphatic heterocycles. The average Bonchev–Trinajstić information content (AvgIpc) is 2.31. The molecule has 0 amide bonds. The van der Waals surface area contributed by atoms with E-state index in [1.807, 2.05) is 30.3 Å². The minimum Gasteiger partial charge on any atom is -0.381 e. The third-order valence-corrected chi connectivity index (χ3v) is 3.06. The molecule has 0 fully saturated rings. The summed E-state index contributed by atoms with van der Waals surface area (Å²) >= 11 is 6.00. The summed E-state index contributed by atoms with van der Waals surface area (Å²) in [5.74, 6) is 0.138. The van der Waals surface area contributed by atoms with Crippen LogP contribution >= 0.6 is 11.6 Å². The zero-order valence-electron chi connectivity index (χ0n) is 9.63. The highest BCUT2D eigenvalue weighted by molar-refractivity contribution is 7.86. The number of halogens is 1. The number of rotatable bonds is 3. The van der Waals surface area contributed by atoms with E-state index >= 15 is 0 Å². The molecule has 3 nitrogen and oxygen atoms in total. The Labute approximate surface area is 111 Å². The first-order valence-electron chi connectivity index (χ1n) is 5.20. The normalized spacial score (nSPS) is 11.2. The van der Waals surface area contributed by atoms with Gasteiger partial charge in [0, 0.05) is 0 Å². The maximum absolute atomic E-state index is 11.0. The lowest BCUT2D eigenvalue weighted by atomic mass is 10.1. The Morgan fingerprint density at radius 1 is 1.00 bits per heavy atom. The summed E-state index contributed by atoms with van der Waals surface area (Å²) in [6.45, 7) is 0. The molecule has 0 heterocycles. The van der Waals surface area contributed by atoms with Gasteiger partial charge in [-0.1, -0.05) is 48.0 Å². The zero-order chi connectivity index (χ0) is 13.2. The Bertz CT molecular complexity index is 651. The van der Waals surface area contributed by atoms with Crippen LogP contribution in [0.5, 0.6) is 5.75 Å². The van der Waals surface area contributed by atoms with Gasteiger partial charge in [0.05, 0.1) is 11.3 Å². The average molecular weight is 283 g/mol. The summed E-state index contributed by atoms with van der Waals surface area (Å²) in [6.07, 6.45) is 0.981. The van der Waals surface area contributed by atoms with Gasteiger partial charge in [0.25, 0.3) is 0 Å². The van der Waals surface area contributed by atoms with E-state index in [4.69, 9.17) is 15.8 Å². The first kappa shape index (κ1) is 12.9. The first-order valence-corrected chi connectivity index (χ1v) is 7.39. The molecule has 0 aromatic heterocycles. The fourth-order valence-corrected chi connectivity index (χ4v) is 2.28. The van der Waals surface area contributed by atoms with Crippen LogP contribution < -0.4 is 4.18 Å². The molecule has 0 saturated heterocycles. The zero-order valence-corrected chi connectivity index (χ0v) is 11.2. The number of hydrogen-bond donors (Lipinski definition) is 0. The molecule has 0 spiro atoms. The lowest BCUT2D eigenvalue weighted by molar-refractivity contribution is 0.493. The van der Waals surface area contributed by atoms with E-state index in [2.05, 4.69) is 0 Å². The van der Waals surface area contributed by atoms with Crippen molar-refractivity contribution in [1.29, 1.82) is 0 Å². The Morgan fingerprint density at radius 2 is 1.67 bits per heavy atom. The van der Waals surface area contributed by atoms with Crippen molar-refractivity contribution in [2.75, 3.05) is 6.26 Å². The van der Waals surface area contributed by atoms with Crippen LogP contribution in [0.25, 0.3) is 11.1 Å². The maximum atomic E-state index is 11.0. The highest BCUT2D eigenvalue weighted by Gasteiger charge is 2.09. The highest BCUT2D eigenvalue weighted by Crippen LogP contribution is 2.30. The van der Waals surface area contributed by atoms with Gasteiger partial charge in [0.1, 0.15) is 0 Å². The molecule has 2 rings (SSSR count). The molecule has 0 saturated carbocycles. The minimum absolute atomic E-state index is 0.138. The van der Waals surface area contributed by atoms with Crippen LogP contribution in [-0.4, -0.2) is 14.7 Å². The predicted octanol–water partition coefficient (Wildman–Crippen LogP) is 3.35. The summed E-state index contributed by atoms with van der Waals surface area (Å²) < 4.78 is 26.8. The van der Waals surface area contributed by atoms with Crippen LogP contribution in [0, 0.1) is 0 Å². The predicted molar refractivity (Wildman–Crippen MR) is 72.4 cm³/mol. The third-order valence-electron chi connectivity index (χ3n) is 2.28. The summed E-state index contributed by atoms with van der Waals surface area (Å²) in [4.78, 5) is 0. The van der Waals surface area contributed by atoms with Gasteiger partial charge in [0.15, 0.2) is 5.75 Å². The fraction of sp³-hybridized carbons (Fsp3) is 0.0769. The Kier molecular flexibility index (Phi) is 3.59.